The van der Waals surface area contributed by atoms with E-state index in [1.165, 1.54) is 4.70 Å². The summed E-state index contributed by atoms with van der Waals surface area (Å²) in [5, 5.41) is 1.71. The fourth-order valence-electron chi connectivity index (χ4n) is 3.89. The first-order valence-corrected chi connectivity index (χ1v) is 11.2. The summed E-state index contributed by atoms with van der Waals surface area (Å²) in [5.74, 6) is 1.38. The highest BCUT2D eigenvalue weighted by atomic mass is 35.5. The third-order valence-electron chi connectivity index (χ3n) is 5.40. The Hall–Kier alpha value is -2.70. The molecule has 0 N–H and O–H groups in total. The van der Waals surface area contributed by atoms with Crippen LogP contribution in [0.15, 0.2) is 59.1 Å². The Labute approximate surface area is 183 Å². The fourth-order valence-corrected chi connectivity index (χ4v) is 5.13. The van der Waals surface area contributed by atoms with Crippen LogP contribution in [0.1, 0.15) is 36.2 Å². The lowest BCUT2D eigenvalue weighted by Crippen LogP contribution is -2.30. The van der Waals surface area contributed by atoms with Crippen LogP contribution in [0.4, 0.5) is 0 Å². The lowest BCUT2D eigenvalue weighted by molar-refractivity contribution is -0.132. The number of fused-ring (bicyclic) bond motifs is 1. The SMILES string of the molecule is O=C(CCc1ncc(-c2ccc(Cl)cc2)o1)N1CCCC1c1nc2ccccc2s1. The van der Waals surface area contributed by atoms with Crippen LogP contribution in [0.25, 0.3) is 21.5 Å². The molecule has 2 aromatic heterocycles. The number of para-hydroxylation sites is 1. The van der Waals surface area contributed by atoms with Crippen LogP contribution < -0.4 is 0 Å². The number of carbonyl (C=O) groups excluding carboxylic acids is 1. The molecule has 2 aromatic carbocycles. The zero-order valence-corrected chi connectivity index (χ0v) is 17.8. The van der Waals surface area contributed by atoms with E-state index >= 15 is 0 Å². The van der Waals surface area contributed by atoms with Gasteiger partial charge in [-0.2, -0.15) is 0 Å². The number of oxazole rings is 1. The summed E-state index contributed by atoms with van der Waals surface area (Å²) in [6, 6.07) is 15.6. The quantitative estimate of drug-likeness (QED) is 0.390. The third kappa shape index (κ3) is 3.85. The van der Waals surface area contributed by atoms with Crippen molar-refractivity contribution in [2.75, 3.05) is 6.54 Å². The summed E-state index contributed by atoms with van der Waals surface area (Å²) in [4.78, 5) is 24.0. The van der Waals surface area contributed by atoms with Crippen LogP contribution in [0.5, 0.6) is 0 Å². The van der Waals surface area contributed by atoms with Crippen molar-refractivity contribution in [3.63, 3.8) is 0 Å². The number of carbonyl (C=O) groups is 1. The van der Waals surface area contributed by atoms with Gasteiger partial charge in [-0.15, -0.1) is 11.3 Å². The number of aryl methyl sites for hydroxylation is 1. The van der Waals surface area contributed by atoms with Crippen LogP contribution >= 0.6 is 22.9 Å². The smallest absolute Gasteiger partial charge is 0.223 e. The van der Waals surface area contributed by atoms with Gasteiger partial charge < -0.3 is 9.32 Å². The Balaban J connectivity index is 1.25. The van der Waals surface area contributed by atoms with E-state index in [-0.39, 0.29) is 11.9 Å². The summed E-state index contributed by atoms with van der Waals surface area (Å²) < 4.78 is 7.01. The number of rotatable bonds is 5. The maximum Gasteiger partial charge on any atom is 0.223 e. The predicted octanol–water partition coefficient (Wildman–Crippen LogP) is 5.90. The highest BCUT2D eigenvalue weighted by molar-refractivity contribution is 7.18. The molecular weight excluding hydrogens is 418 g/mol. The zero-order chi connectivity index (χ0) is 20.5. The van der Waals surface area contributed by atoms with E-state index in [1.807, 2.05) is 47.4 Å². The van der Waals surface area contributed by atoms with Gasteiger partial charge in [-0.1, -0.05) is 23.7 Å². The van der Waals surface area contributed by atoms with Crippen LogP contribution in [0.3, 0.4) is 0 Å². The maximum absolute atomic E-state index is 13.0. The maximum atomic E-state index is 13.0. The minimum atomic E-state index is 0.0732. The Bertz CT molecular complexity index is 1150. The highest BCUT2D eigenvalue weighted by Crippen LogP contribution is 2.36. The number of likely N-dealkylation sites (tertiary alicyclic amines) is 1. The summed E-state index contributed by atoms with van der Waals surface area (Å²) >= 11 is 7.62. The van der Waals surface area contributed by atoms with Gasteiger partial charge in [-0.05, 0) is 49.2 Å². The molecule has 4 aromatic rings. The van der Waals surface area contributed by atoms with Crippen molar-refractivity contribution in [2.45, 2.75) is 31.7 Å². The van der Waals surface area contributed by atoms with Crippen LogP contribution in [-0.4, -0.2) is 27.3 Å². The standard InChI is InChI=1S/C23H20ClN3O2S/c24-16-9-7-15(8-10-16)19-14-25-21(29-19)11-12-22(28)27-13-3-5-18(27)23-26-17-4-1-2-6-20(17)30-23/h1-2,4,6-10,14,18H,3,5,11-13H2. The monoisotopic (exact) mass is 437 g/mol. The number of hydrogen-bond acceptors (Lipinski definition) is 5. The molecule has 0 saturated carbocycles. The molecule has 30 heavy (non-hydrogen) atoms. The molecule has 152 valence electrons. The summed E-state index contributed by atoms with van der Waals surface area (Å²) in [7, 11) is 0. The van der Waals surface area contributed by atoms with Gasteiger partial charge in [0.15, 0.2) is 11.7 Å². The second kappa shape index (κ2) is 8.20. The first kappa shape index (κ1) is 19.3. The van der Waals surface area contributed by atoms with Crippen LogP contribution in [0.2, 0.25) is 5.02 Å². The van der Waals surface area contributed by atoms with E-state index in [0.717, 1.165) is 35.5 Å². The van der Waals surface area contributed by atoms with Crippen molar-refractivity contribution in [1.29, 1.82) is 0 Å². The second-order valence-corrected chi connectivity index (χ2v) is 8.89. The zero-order valence-electron chi connectivity index (χ0n) is 16.3. The summed E-state index contributed by atoms with van der Waals surface area (Å²) in [5.41, 5.74) is 1.92. The molecule has 0 spiro atoms. The lowest BCUT2D eigenvalue weighted by atomic mass is 10.2. The first-order valence-electron chi connectivity index (χ1n) is 10.0. The molecule has 0 aliphatic carbocycles. The summed E-state index contributed by atoms with van der Waals surface area (Å²) in [6.07, 6.45) is 4.53. The average Bonchev–Trinajstić information content (AvgIpc) is 3.51. The second-order valence-electron chi connectivity index (χ2n) is 7.39. The van der Waals surface area contributed by atoms with Gasteiger partial charge in [-0.25, -0.2) is 9.97 Å². The number of nitrogens with zero attached hydrogens (tertiary/aromatic N) is 3. The van der Waals surface area contributed by atoms with Crippen molar-refractivity contribution in [3.8, 4) is 11.3 Å². The van der Waals surface area contributed by atoms with E-state index in [1.54, 1.807) is 17.5 Å². The molecular formula is C23H20ClN3O2S. The number of thiazole rings is 1. The average molecular weight is 438 g/mol. The first-order chi connectivity index (χ1) is 14.7. The number of aromatic nitrogens is 2. The fraction of sp³-hybridized carbons (Fsp3) is 0.261. The van der Waals surface area contributed by atoms with Gasteiger partial charge >= 0.3 is 0 Å². The predicted molar refractivity (Wildman–Crippen MR) is 119 cm³/mol. The van der Waals surface area contributed by atoms with Crippen LogP contribution in [-0.2, 0) is 11.2 Å². The molecule has 1 aliphatic rings. The van der Waals surface area contributed by atoms with Gasteiger partial charge in [-0.3, -0.25) is 4.79 Å². The molecule has 1 amide bonds. The van der Waals surface area contributed by atoms with Crippen molar-refractivity contribution < 1.29 is 9.21 Å². The number of hydrogen-bond donors (Lipinski definition) is 0. The summed E-state index contributed by atoms with van der Waals surface area (Å²) in [6.45, 7) is 0.779. The van der Waals surface area contributed by atoms with Gasteiger partial charge in [0.2, 0.25) is 5.91 Å². The molecule has 1 saturated heterocycles. The Morgan fingerprint density at radius 2 is 2.03 bits per heavy atom. The largest absolute Gasteiger partial charge is 0.441 e. The minimum absolute atomic E-state index is 0.0732. The molecule has 1 atom stereocenters. The van der Waals surface area contributed by atoms with Crippen LogP contribution in [0, 0.1) is 0 Å². The topological polar surface area (TPSA) is 59.2 Å². The van der Waals surface area contributed by atoms with Gasteiger partial charge in [0.1, 0.15) is 5.01 Å². The molecule has 0 radical (unpaired) electrons. The van der Waals surface area contributed by atoms with Gasteiger partial charge in [0.05, 0.1) is 22.5 Å². The number of amides is 1. The van der Waals surface area contributed by atoms with E-state index in [0.29, 0.717) is 29.5 Å². The number of benzene rings is 2. The molecule has 1 aliphatic heterocycles. The minimum Gasteiger partial charge on any atom is -0.441 e. The normalized spacial score (nSPS) is 16.4. The number of halogens is 1. The molecule has 0 bridgehead atoms. The highest BCUT2D eigenvalue weighted by Gasteiger charge is 2.32. The Morgan fingerprint density at radius 1 is 1.20 bits per heavy atom. The van der Waals surface area contributed by atoms with E-state index in [2.05, 4.69) is 11.1 Å². The lowest BCUT2D eigenvalue weighted by Gasteiger charge is -2.22. The van der Waals surface area contributed by atoms with Crippen molar-refractivity contribution in [2.24, 2.45) is 0 Å². The molecule has 5 rings (SSSR count). The van der Waals surface area contributed by atoms with Gasteiger partial charge in [0, 0.05) is 30.0 Å². The molecule has 3 heterocycles. The molecule has 1 fully saturated rings. The molecule has 5 nitrogen and oxygen atoms in total. The van der Waals surface area contributed by atoms with E-state index < -0.39 is 0 Å². The Morgan fingerprint density at radius 3 is 2.87 bits per heavy atom. The third-order valence-corrected chi connectivity index (χ3v) is 6.79. The van der Waals surface area contributed by atoms with Crippen molar-refractivity contribution in [1.82, 2.24) is 14.9 Å². The van der Waals surface area contributed by atoms with Crippen molar-refractivity contribution >= 4 is 39.1 Å². The van der Waals surface area contributed by atoms with Crippen molar-refractivity contribution in [3.05, 3.63) is 70.6 Å². The molecule has 7 heteroatoms. The van der Waals surface area contributed by atoms with E-state index in [4.69, 9.17) is 21.0 Å². The molecule has 1 unspecified atom stereocenters. The van der Waals surface area contributed by atoms with Gasteiger partial charge in [0.25, 0.3) is 0 Å². The van der Waals surface area contributed by atoms with E-state index in [9.17, 15) is 4.79 Å². The Kier molecular flexibility index (Phi) is 5.27.